The van der Waals surface area contributed by atoms with Gasteiger partial charge in [0.15, 0.2) is 5.96 Å². The van der Waals surface area contributed by atoms with E-state index in [0.29, 0.717) is 19.1 Å². The first-order chi connectivity index (χ1) is 14.1. The number of guanidine groups is 1. The predicted octanol–water partition coefficient (Wildman–Crippen LogP) is 3.69. The topological polar surface area (TPSA) is 68.0 Å². The quantitative estimate of drug-likeness (QED) is 0.497. The van der Waals surface area contributed by atoms with Crippen LogP contribution in [0.5, 0.6) is 5.75 Å². The first-order valence-corrected chi connectivity index (χ1v) is 10.5. The van der Waals surface area contributed by atoms with Crippen molar-refractivity contribution in [2.45, 2.75) is 46.3 Å². The molecule has 3 rings (SSSR count). The molecule has 0 saturated carbocycles. The van der Waals surface area contributed by atoms with Crippen molar-refractivity contribution >= 4 is 5.96 Å². The van der Waals surface area contributed by atoms with E-state index < -0.39 is 0 Å². The molecular weight excluding hydrogens is 366 g/mol. The van der Waals surface area contributed by atoms with Crippen molar-refractivity contribution < 1.29 is 13.9 Å². The Kier molecular flexibility index (Phi) is 7.99. The Labute approximate surface area is 173 Å². The van der Waals surface area contributed by atoms with Crippen molar-refractivity contribution in [3.05, 3.63) is 53.5 Å². The lowest BCUT2D eigenvalue weighted by atomic mass is 10.1. The highest BCUT2D eigenvalue weighted by Gasteiger charge is 2.18. The smallest absolute Gasteiger partial charge is 0.191 e. The molecule has 0 radical (unpaired) electrons. The van der Waals surface area contributed by atoms with Gasteiger partial charge < -0.3 is 24.5 Å². The molecule has 0 bridgehead atoms. The molecule has 29 heavy (non-hydrogen) atoms. The van der Waals surface area contributed by atoms with Gasteiger partial charge in [0.25, 0.3) is 0 Å². The molecule has 0 amide bonds. The summed E-state index contributed by atoms with van der Waals surface area (Å²) >= 11 is 0. The van der Waals surface area contributed by atoms with Crippen molar-refractivity contribution in [2.24, 2.45) is 10.9 Å². The molecule has 1 aromatic carbocycles. The molecule has 2 aromatic rings. The van der Waals surface area contributed by atoms with Crippen LogP contribution in [0.1, 0.15) is 37.2 Å². The lowest BCUT2D eigenvalue weighted by Gasteiger charge is -2.17. The van der Waals surface area contributed by atoms with E-state index in [-0.39, 0.29) is 6.10 Å². The standard InChI is InChI=1S/C23H33N3O3/c1-17(2)14-25-23(24-10-8-20-5-4-11-28-20)26-15-19-7-6-18(3)13-22(19)29-21-9-12-27-16-21/h4-7,11,13,17,21H,8-10,12,14-16H2,1-3H3,(H2,24,25,26). The van der Waals surface area contributed by atoms with Crippen LogP contribution in [0.4, 0.5) is 0 Å². The average molecular weight is 400 g/mol. The maximum atomic E-state index is 6.20. The van der Waals surface area contributed by atoms with Crippen LogP contribution in [0.25, 0.3) is 0 Å². The van der Waals surface area contributed by atoms with Crippen LogP contribution < -0.4 is 15.4 Å². The van der Waals surface area contributed by atoms with Crippen LogP contribution in [0, 0.1) is 12.8 Å². The van der Waals surface area contributed by atoms with E-state index in [4.69, 9.17) is 18.9 Å². The van der Waals surface area contributed by atoms with E-state index in [1.54, 1.807) is 6.26 Å². The van der Waals surface area contributed by atoms with Gasteiger partial charge in [-0.15, -0.1) is 0 Å². The Morgan fingerprint density at radius 1 is 1.28 bits per heavy atom. The molecule has 1 aromatic heterocycles. The predicted molar refractivity (Wildman–Crippen MR) is 115 cm³/mol. The zero-order chi connectivity index (χ0) is 20.5. The molecular formula is C23H33N3O3. The molecule has 1 aliphatic rings. The molecule has 6 nitrogen and oxygen atoms in total. The summed E-state index contributed by atoms with van der Waals surface area (Å²) in [5.41, 5.74) is 2.26. The minimum atomic E-state index is 0.129. The zero-order valence-electron chi connectivity index (χ0n) is 17.7. The Bertz CT molecular complexity index is 766. The highest BCUT2D eigenvalue weighted by atomic mass is 16.5. The van der Waals surface area contributed by atoms with Gasteiger partial charge in [0.1, 0.15) is 17.6 Å². The van der Waals surface area contributed by atoms with Gasteiger partial charge in [-0.25, -0.2) is 4.99 Å². The second kappa shape index (κ2) is 10.9. The summed E-state index contributed by atoms with van der Waals surface area (Å²) in [4.78, 5) is 4.80. The van der Waals surface area contributed by atoms with Crippen LogP contribution in [0.15, 0.2) is 46.0 Å². The Morgan fingerprint density at radius 2 is 2.17 bits per heavy atom. The minimum absolute atomic E-state index is 0.129. The molecule has 2 N–H and O–H groups in total. The number of aliphatic imine (C=N–C) groups is 1. The molecule has 0 aliphatic carbocycles. The fraction of sp³-hybridized carbons (Fsp3) is 0.522. The summed E-state index contributed by atoms with van der Waals surface area (Å²) in [6.07, 6.45) is 3.59. The first kappa shape index (κ1) is 21.2. The molecule has 1 unspecified atom stereocenters. The number of hydrogen-bond acceptors (Lipinski definition) is 4. The van der Waals surface area contributed by atoms with Crippen LogP contribution in [0.3, 0.4) is 0 Å². The number of hydrogen-bond donors (Lipinski definition) is 2. The SMILES string of the molecule is Cc1ccc(CN=C(NCCc2ccco2)NCC(C)C)c(OC2CCOC2)c1. The monoisotopic (exact) mass is 399 g/mol. The van der Waals surface area contributed by atoms with Crippen LogP contribution >= 0.6 is 0 Å². The van der Waals surface area contributed by atoms with Gasteiger partial charge >= 0.3 is 0 Å². The first-order valence-electron chi connectivity index (χ1n) is 10.5. The second-order valence-electron chi connectivity index (χ2n) is 7.91. The van der Waals surface area contributed by atoms with E-state index >= 15 is 0 Å². The Hall–Kier alpha value is -2.47. The largest absolute Gasteiger partial charge is 0.488 e. The number of nitrogens with one attached hydrogen (secondary N) is 2. The van der Waals surface area contributed by atoms with Crippen molar-refractivity contribution in [3.8, 4) is 5.75 Å². The van der Waals surface area contributed by atoms with Gasteiger partial charge in [-0.3, -0.25) is 0 Å². The molecule has 6 heteroatoms. The number of nitrogens with zero attached hydrogens (tertiary/aromatic N) is 1. The highest BCUT2D eigenvalue weighted by Crippen LogP contribution is 2.24. The summed E-state index contributed by atoms with van der Waals surface area (Å²) in [7, 11) is 0. The maximum absolute atomic E-state index is 6.20. The molecule has 1 aliphatic heterocycles. The molecule has 1 fully saturated rings. The molecule has 1 atom stereocenters. The third-order valence-electron chi connectivity index (χ3n) is 4.73. The van der Waals surface area contributed by atoms with Gasteiger partial charge in [0, 0.05) is 31.5 Å². The van der Waals surface area contributed by atoms with Crippen LogP contribution in [-0.4, -0.2) is 38.4 Å². The zero-order valence-corrected chi connectivity index (χ0v) is 17.7. The third-order valence-corrected chi connectivity index (χ3v) is 4.73. The van der Waals surface area contributed by atoms with Gasteiger partial charge in [-0.1, -0.05) is 26.0 Å². The van der Waals surface area contributed by atoms with Gasteiger partial charge in [0.05, 0.1) is 26.0 Å². The van der Waals surface area contributed by atoms with Gasteiger partial charge in [-0.2, -0.15) is 0 Å². The molecule has 158 valence electrons. The summed E-state index contributed by atoms with van der Waals surface area (Å²) in [5, 5.41) is 6.83. The van der Waals surface area contributed by atoms with Gasteiger partial charge in [0.2, 0.25) is 0 Å². The van der Waals surface area contributed by atoms with Crippen molar-refractivity contribution in [1.29, 1.82) is 0 Å². The van der Waals surface area contributed by atoms with Gasteiger partial charge in [-0.05, 0) is 36.6 Å². The Morgan fingerprint density at radius 3 is 2.90 bits per heavy atom. The maximum Gasteiger partial charge on any atom is 0.191 e. The molecule has 0 spiro atoms. The summed E-state index contributed by atoms with van der Waals surface area (Å²) in [6.45, 7) is 10.1. The number of ether oxygens (including phenoxy) is 2. The van der Waals surface area contributed by atoms with E-state index in [9.17, 15) is 0 Å². The van der Waals surface area contributed by atoms with E-state index in [1.807, 2.05) is 12.1 Å². The van der Waals surface area contributed by atoms with Crippen molar-refractivity contribution in [2.75, 3.05) is 26.3 Å². The Balaban J connectivity index is 1.64. The molecule has 1 saturated heterocycles. The van der Waals surface area contributed by atoms with E-state index in [0.717, 1.165) is 55.6 Å². The lowest BCUT2D eigenvalue weighted by Crippen LogP contribution is -2.40. The van der Waals surface area contributed by atoms with Crippen LogP contribution in [-0.2, 0) is 17.7 Å². The fourth-order valence-corrected chi connectivity index (χ4v) is 3.09. The van der Waals surface area contributed by atoms with Crippen LogP contribution in [0.2, 0.25) is 0 Å². The summed E-state index contributed by atoms with van der Waals surface area (Å²) < 4.78 is 17.1. The molecule has 2 heterocycles. The van der Waals surface area contributed by atoms with Crippen molar-refractivity contribution in [1.82, 2.24) is 10.6 Å². The fourth-order valence-electron chi connectivity index (χ4n) is 3.09. The lowest BCUT2D eigenvalue weighted by molar-refractivity contribution is 0.140. The number of aryl methyl sites for hydroxylation is 1. The van der Waals surface area contributed by atoms with E-state index in [2.05, 4.69) is 49.6 Å². The second-order valence-corrected chi connectivity index (χ2v) is 7.91. The minimum Gasteiger partial charge on any atom is -0.488 e. The highest BCUT2D eigenvalue weighted by molar-refractivity contribution is 5.79. The van der Waals surface area contributed by atoms with Crippen molar-refractivity contribution in [3.63, 3.8) is 0 Å². The third kappa shape index (κ3) is 7.13. The van der Waals surface area contributed by atoms with E-state index in [1.165, 1.54) is 5.56 Å². The number of furan rings is 1. The summed E-state index contributed by atoms with van der Waals surface area (Å²) in [6, 6.07) is 10.2. The average Bonchev–Trinajstić information content (AvgIpc) is 3.39. The summed E-state index contributed by atoms with van der Waals surface area (Å²) in [5.74, 6) is 3.21. The number of benzene rings is 1. The normalized spacial score (nSPS) is 17.0. The number of rotatable bonds is 9.